The van der Waals surface area contributed by atoms with Crippen molar-refractivity contribution in [2.24, 2.45) is 0 Å². The normalized spacial score (nSPS) is 13.7. The molecular formula is C27H27F3N4O2. The van der Waals surface area contributed by atoms with Crippen LogP contribution in [0.2, 0.25) is 0 Å². The fraction of sp³-hybridized carbons (Fsp3) is 0.259. The van der Waals surface area contributed by atoms with E-state index in [-0.39, 0.29) is 11.6 Å². The average molecular weight is 497 g/mol. The summed E-state index contributed by atoms with van der Waals surface area (Å²) in [6, 6.07) is 16.2. The molecule has 0 aromatic heterocycles. The molecule has 1 saturated heterocycles. The Labute approximate surface area is 207 Å². The molecule has 6 nitrogen and oxygen atoms in total. The minimum atomic E-state index is -4.51. The molecule has 0 bridgehead atoms. The predicted octanol–water partition coefficient (Wildman–Crippen LogP) is 6.90. The van der Waals surface area contributed by atoms with E-state index in [1.54, 1.807) is 30.3 Å². The van der Waals surface area contributed by atoms with Crippen molar-refractivity contribution in [3.05, 3.63) is 83.4 Å². The third-order valence-electron chi connectivity index (χ3n) is 5.93. The fourth-order valence-corrected chi connectivity index (χ4v) is 4.17. The van der Waals surface area contributed by atoms with Crippen LogP contribution in [0.5, 0.6) is 0 Å². The predicted molar refractivity (Wildman–Crippen MR) is 136 cm³/mol. The molecule has 0 radical (unpaired) electrons. The van der Waals surface area contributed by atoms with Gasteiger partial charge in [-0.05, 0) is 74.7 Å². The number of carbonyl (C=O) groups excluding carboxylic acids is 2. The summed E-state index contributed by atoms with van der Waals surface area (Å²) in [6.45, 7) is 3.53. The molecule has 0 aliphatic carbocycles. The standard InChI is InChI=1S/C27H27F3N4O2/c1-18-7-5-8-19(15-18)25(35)31-22-11-12-24(34-13-3-2-4-14-34)23(17-22)33-26(36)32-21-10-6-9-20(16-21)27(28,29)30/h5-12,15-17H,2-4,13-14H2,1H3,(H,31,35)(H2,32,33,36). The van der Waals surface area contributed by atoms with Gasteiger partial charge in [-0.1, -0.05) is 23.8 Å². The van der Waals surface area contributed by atoms with Crippen LogP contribution in [0.4, 0.5) is 40.7 Å². The Morgan fingerprint density at radius 3 is 2.25 bits per heavy atom. The second-order valence-electron chi connectivity index (χ2n) is 8.76. The second kappa shape index (κ2) is 10.7. The van der Waals surface area contributed by atoms with Gasteiger partial charge in [-0.3, -0.25) is 4.79 Å². The number of piperidine rings is 1. The fourth-order valence-electron chi connectivity index (χ4n) is 4.17. The highest BCUT2D eigenvalue weighted by Crippen LogP contribution is 2.33. The highest BCUT2D eigenvalue weighted by molar-refractivity contribution is 6.06. The number of benzene rings is 3. The molecule has 1 fully saturated rings. The summed E-state index contributed by atoms with van der Waals surface area (Å²) in [6.07, 6.45) is -1.36. The lowest BCUT2D eigenvalue weighted by Crippen LogP contribution is -2.31. The van der Waals surface area contributed by atoms with Crippen LogP contribution in [0, 0.1) is 6.92 Å². The Bertz CT molecular complexity index is 1250. The zero-order chi connectivity index (χ0) is 25.7. The van der Waals surface area contributed by atoms with E-state index in [4.69, 9.17) is 0 Å². The van der Waals surface area contributed by atoms with Gasteiger partial charge in [0.2, 0.25) is 0 Å². The van der Waals surface area contributed by atoms with E-state index < -0.39 is 17.8 Å². The van der Waals surface area contributed by atoms with E-state index in [9.17, 15) is 22.8 Å². The lowest BCUT2D eigenvalue weighted by atomic mass is 10.1. The number of rotatable bonds is 5. The number of hydrogen-bond donors (Lipinski definition) is 3. The molecule has 3 aromatic carbocycles. The summed E-state index contributed by atoms with van der Waals surface area (Å²) in [5, 5.41) is 8.07. The van der Waals surface area contributed by atoms with Crippen molar-refractivity contribution in [1.82, 2.24) is 0 Å². The zero-order valence-corrected chi connectivity index (χ0v) is 19.8. The molecular weight excluding hydrogens is 469 g/mol. The van der Waals surface area contributed by atoms with E-state index in [2.05, 4.69) is 20.9 Å². The third-order valence-corrected chi connectivity index (χ3v) is 5.93. The highest BCUT2D eigenvalue weighted by atomic mass is 19.4. The molecule has 0 saturated carbocycles. The molecule has 0 spiro atoms. The van der Waals surface area contributed by atoms with Gasteiger partial charge in [-0.25, -0.2) is 4.79 Å². The maximum absolute atomic E-state index is 13.0. The third kappa shape index (κ3) is 6.35. The molecule has 3 N–H and O–H groups in total. The molecule has 3 amide bonds. The van der Waals surface area contributed by atoms with Gasteiger partial charge >= 0.3 is 12.2 Å². The van der Waals surface area contributed by atoms with Crippen LogP contribution in [0.25, 0.3) is 0 Å². The summed E-state index contributed by atoms with van der Waals surface area (Å²) >= 11 is 0. The van der Waals surface area contributed by atoms with Gasteiger partial charge < -0.3 is 20.9 Å². The number of alkyl halides is 3. The first-order valence-electron chi connectivity index (χ1n) is 11.7. The first kappa shape index (κ1) is 25.1. The van der Waals surface area contributed by atoms with Crippen LogP contribution in [0.3, 0.4) is 0 Å². The Morgan fingerprint density at radius 2 is 1.53 bits per heavy atom. The molecule has 0 atom stereocenters. The molecule has 1 heterocycles. The van der Waals surface area contributed by atoms with Gasteiger partial charge in [-0.15, -0.1) is 0 Å². The number of nitrogens with one attached hydrogen (secondary N) is 3. The van der Waals surface area contributed by atoms with Crippen LogP contribution >= 0.6 is 0 Å². The first-order chi connectivity index (χ1) is 17.2. The molecule has 1 aliphatic heterocycles. The molecule has 0 unspecified atom stereocenters. The Balaban J connectivity index is 1.56. The maximum Gasteiger partial charge on any atom is 0.416 e. The summed E-state index contributed by atoms with van der Waals surface area (Å²) in [5.41, 5.74) is 2.34. The van der Waals surface area contributed by atoms with E-state index in [1.165, 1.54) is 12.1 Å². The number of nitrogens with zero attached hydrogens (tertiary/aromatic N) is 1. The first-order valence-corrected chi connectivity index (χ1v) is 11.7. The average Bonchev–Trinajstić information content (AvgIpc) is 2.84. The van der Waals surface area contributed by atoms with Crippen molar-refractivity contribution >= 4 is 34.7 Å². The van der Waals surface area contributed by atoms with Crippen LogP contribution < -0.4 is 20.9 Å². The van der Waals surface area contributed by atoms with E-state index >= 15 is 0 Å². The molecule has 9 heteroatoms. The highest BCUT2D eigenvalue weighted by Gasteiger charge is 2.30. The second-order valence-corrected chi connectivity index (χ2v) is 8.76. The number of amides is 3. The molecule has 3 aromatic rings. The van der Waals surface area contributed by atoms with E-state index in [0.717, 1.165) is 55.7 Å². The Morgan fingerprint density at radius 1 is 0.806 bits per heavy atom. The maximum atomic E-state index is 13.0. The molecule has 188 valence electrons. The van der Waals surface area contributed by atoms with Crippen LogP contribution in [-0.4, -0.2) is 25.0 Å². The quantitative estimate of drug-likeness (QED) is 0.360. The minimum Gasteiger partial charge on any atom is -0.370 e. The Kier molecular flexibility index (Phi) is 7.47. The van der Waals surface area contributed by atoms with Gasteiger partial charge in [-0.2, -0.15) is 13.2 Å². The van der Waals surface area contributed by atoms with Gasteiger partial charge in [0.1, 0.15) is 0 Å². The van der Waals surface area contributed by atoms with Crippen molar-refractivity contribution in [2.45, 2.75) is 32.4 Å². The topological polar surface area (TPSA) is 73.5 Å². The van der Waals surface area contributed by atoms with E-state index in [0.29, 0.717) is 16.9 Å². The number of carbonyl (C=O) groups is 2. The number of anilines is 4. The number of urea groups is 1. The molecule has 36 heavy (non-hydrogen) atoms. The van der Waals surface area contributed by atoms with Gasteiger partial charge in [0.05, 0.1) is 16.9 Å². The summed E-state index contributed by atoms with van der Waals surface area (Å²) < 4.78 is 39.1. The zero-order valence-electron chi connectivity index (χ0n) is 19.8. The summed E-state index contributed by atoms with van der Waals surface area (Å²) in [7, 11) is 0. The van der Waals surface area contributed by atoms with Crippen LogP contribution in [0.15, 0.2) is 66.7 Å². The van der Waals surface area contributed by atoms with Gasteiger partial charge in [0, 0.05) is 30.0 Å². The summed E-state index contributed by atoms with van der Waals surface area (Å²) in [5.74, 6) is -0.288. The summed E-state index contributed by atoms with van der Waals surface area (Å²) in [4.78, 5) is 27.6. The van der Waals surface area contributed by atoms with Crippen molar-refractivity contribution in [2.75, 3.05) is 33.9 Å². The number of halogens is 3. The lowest BCUT2D eigenvalue weighted by Gasteiger charge is -2.31. The van der Waals surface area contributed by atoms with Crippen molar-refractivity contribution in [1.29, 1.82) is 0 Å². The monoisotopic (exact) mass is 496 g/mol. The number of aryl methyl sites for hydroxylation is 1. The lowest BCUT2D eigenvalue weighted by molar-refractivity contribution is -0.137. The smallest absolute Gasteiger partial charge is 0.370 e. The van der Waals surface area contributed by atoms with Crippen molar-refractivity contribution < 1.29 is 22.8 Å². The molecule has 1 aliphatic rings. The van der Waals surface area contributed by atoms with Crippen LogP contribution in [-0.2, 0) is 6.18 Å². The van der Waals surface area contributed by atoms with Crippen molar-refractivity contribution in [3.8, 4) is 0 Å². The van der Waals surface area contributed by atoms with Crippen molar-refractivity contribution in [3.63, 3.8) is 0 Å². The Hall–Kier alpha value is -4.01. The molecule has 4 rings (SSSR count). The minimum absolute atomic E-state index is 0.0192. The van der Waals surface area contributed by atoms with Crippen LogP contribution in [0.1, 0.15) is 40.7 Å². The van der Waals surface area contributed by atoms with Gasteiger partial charge in [0.15, 0.2) is 0 Å². The van der Waals surface area contributed by atoms with Gasteiger partial charge in [0.25, 0.3) is 5.91 Å². The largest absolute Gasteiger partial charge is 0.416 e. The number of hydrogen-bond acceptors (Lipinski definition) is 3. The van der Waals surface area contributed by atoms with E-state index in [1.807, 2.05) is 19.1 Å². The SMILES string of the molecule is Cc1cccc(C(=O)Nc2ccc(N3CCCCC3)c(NC(=O)Nc3cccc(C(F)(F)F)c3)c2)c1.